The van der Waals surface area contributed by atoms with E-state index in [4.69, 9.17) is 0 Å². The lowest BCUT2D eigenvalue weighted by atomic mass is 9.66. The third kappa shape index (κ3) is 0.978. The zero-order chi connectivity index (χ0) is 9.69. The second-order valence-electron chi connectivity index (χ2n) is 5.59. The van der Waals surface area contributed by atoms with Gasteiger partial charge in [-0.3, -0.25) is 0 Å². The summed E-state index contributed by atoms with van der Waals surface area (Å²) in [5, 5.41) is 0. The molecule has 0 heterocycles. The lowest BCUT2D eigenvalue weighted by Crippen LogP contribution is -2.30. The zero-order valence-corrected chi connectivity index (χ0v) is 9.19. The van der Waals surface area contributed by atoms with E-state index in [0.29, 0.717) is 10.8 Å². The molecule has 0 aliphatic heterocycles. The Labute approximate surface area is 82.4 Å². The molecule has 0 saturated heterocycles. The van der Waals surface area contributed by atoms with Crippen molar-refractivity contribution in [3.05, 3.63) is 18.6 Å². The van der Waals surface area contributed by atoms with Crippen LogP contribution >= 0.6 is 0 Å². The summed E-state index contributed by atoms with van der Waals surface area (Å²) in [6.07, 6.45) is 7.46. The van der Waals surface area contributed by atoms with Gasteiger partial charge in [-0.25, -0.2) is 0 Å². The first-order chi connectivity index (χ1) is 6.02. The Morgan fingerprint density at radius 2 is 2.15 bits per heavy atom. The standard InChI is InChI=1S/C13H21/c1-5-6-11-9-10-7-8-13(11,4)12(10,2)3/h5,10H,1,6-9H2,2-4H3. The van der Waals surface area contributed by atoms with Crippen LogP contribution in [0.3, 0.4) is 0 Å². The van der Waals surface area contributed by atoms with E-state index in [1.807, 2.05) is 0 Å². The van der Waals surface area contributed by atoms with Crippen LogP contribution in [0.1, 0.15) is 46.5 Å². The zero-order valence-electron chi connectivity index (χ0n) is 9.19. The maximum atomic E-state index is 3.87. The van der Waals surface area contributed by atoms with Crippen molar-refractivity contribution in [1.29, 1.82) is 0 Å². The second kappa shape index (κ2) is 2.62. The van der Waals surface area contributed by atoms with Crippen molar-refractivity contribution >= 4 is 0 Å². The molecule has 2 fully saturated rings. The highest BCUT2D eigenvalue weighted by molar-refractivity contribution is 5.24. The van der Waals surface area contributed by atoms with E-state index in [0.717, 1.165) is 12.3 Å². The first-order valence-corrected chi connectivity index (χ1v) is 5.48. The molecule has 0 spiro atoms. The van der Waals surface area contributed by atoms with Gasteiger partial charge in [0.15, 0.2) is 0 Å². The van der Waals surface area contributed by atoms with Gasteiger partial charge in [-0.05, 0) is 48.3 Å². The quantitative estimate of drug-likeness (QED) is 0.560. The van der Waals surface area contributed by atoms with Crippen LogP contribution in [0, 0.1) is 22.7 Å². The summed E-state index contributed by atoms with van der Waals surface area (Å²) < 4.78 is 0. The van der Waals surface area contributed by atoms with Gasteiger partial charge in [0, 0.05) is 0 Å². The SMILES string of the molecule is C=CC[C]1CC2CCC1(C)C2(C)C. The molecule has 0 nitrogen and oxygen atoms in total. The normalized spacial score (nSPS) is 42.5. The van der Waals surface area contributed by atoms with E-state index < -0.39 is 0 Å². The van der Waals surface area contributed by atoms with Crippen LogP contribution in [0.4, 0.5) is 0 Å². The predicted molar refractivity (Wildman–Crippen MR) is 57.3 cm³/mol. The molecular formula is C13H21. The lowest BCUT2D eigenvalue weighted by Gasteiger charge is -2.38. The summed E-state index contributed by atoms with van der Waals surface area (Å²) in [5.41, 5.74) is 1.07. The number of hydrogen-bond donors (Lipinski definition) is 0. The average Bonchev–Trinajstić information content (AvgIpc) is 2.37. The fraction of sp³-hybridized carbons (Fsp3) is 0.769. The summed E-state index contributed by atoms with van der Waals surface area (Å²) in [7, 11) is 0. The summed E-state index contributed by atoms with van der Waals surface area (Å²) in [6.45, 7) is 11.3. The molecule has 2 aliphatic rings. The maximum absolute atomic E-state index is 3.87. The van der Waals surface area contributed by atoms with Crippen LogP contribution in [-0.4, -0.2) is 0 Å². The molecule has 0 aromatic heterocycles. The van der Waals surface area contributed by atoms with Crippen molar-refractivity contribution in [2.45, 2.75) is 46.5 Å². The molecule has 2 unspecified atom stereocenters. The molecule has 0 N–H and O–H groups in total. The Kier molecular flexibility index (Phi) is 1.87. The molecule has 0 aromatic carbocycles. The highest BCUT2D eigenvalue weighted by Gasteiger charge is 2.60. The van der Waals surface area contributed by atoms with Gasteiger partial charge in [-0.2, -0.15) is 0 Å². The van der Waals surface area contributed by atoms with Crippen LogP contribution in [-0.2, 0) is 0 Å². The van der Waals surface area contributed by atoms with E-state index >= 15 is 0 Å². The summed E-state index contributed by atoms with van der Waals surface area (Å²) in [6, 6.07) is 0. The van der Waals surface area contributed by atoms with Crippen molar-refractivity contribution in [1.82, 2.24) is 0 Å². The second-order valence-corrected chi connectivity index (χ2v) is 5.59. The Morgan fingerprint density at radius 3 is 2.54 bits per heavy atom. The molecule has 0 aromatic rings. The molecule has 2 saturated carbocycles. The number of fused-ring (bicyclic) bond motifs is 2. The third-order valence-electron chi connectivity index (χ3n) is 5.10. The topological polar surface area (TPSA) is 0 Å². The molecule has 2 rings (SSSR count). The number of rotatable bonds is 2. The molecular weight excluding hydrogens is 156 g/mol. The van der Waals surface area contributed by atoms with E-state index in [-0.39, 0.29) is 0 Å². The predicted octanol–water partition coefficient (Wildman–Crippen LogP) is 3.98. The van der Waals surface area contributed by atoms with Gasteiger partial charge < -0.3 is 0 Å². The molecule has 73 valence electrons. The van der Waals surface area contributed by atoms with Crippen LogP contribution in [0.25, 0.3) is 0 Å². The fourth-order valence-corrected chi connectivity index (χ4v) is 3.59. The third-order valence-corrected chi connectivity index (χ3v) is 5.10. The minimum atomic E-state index is 0.520. The van der Waals surface area contributed by atoms with Crippen LogP contribution in [0.2, 0.25) is 0 Å². The maximum Gasteiger partial charge on any atom is -0.0136 e. The highest BCUT2D eigenvalue weighted by atomic mass is 14.6. The van der Waals surface area contributed by atoms with Crippen LogP contribution in [0.5, 0.6) is 0 Å². The first-order valence-electron chi connectivity index (χ1n) is 5.48. The minimum Gasteiger partial charge on any atom is -0.103 e. The van der Waals surface area contributed by atoms with Crippen molar-refractivity contribution in [3.63, 3.8) is 0 Å². The largest absolute Gasteiger partial charge is 0.103 e. The molecule has 13 heavy (non-hydrogen) atoms. The summed E-state index contributed by atoms with van der Waals surface area (Å²) in [5.74, 6) is 2.72. The van der Waals surface area contributed by atoms with Gasteiger partial charge in [-0.1, -0.05) is 26.8 Å². The Morgan fingerprint density at radius 1 is 1.46 bits per heavy atom. The molecule has 2 bridgehead atoms. The van der Waals surface area contributed by atoms with Gasteiger partial charge in [0.05, 0.1) is 0 Å². The fourth-order valence-electron chi connectivity index (χ4n) is 3.59. The number of hydrogen-bond acceptors (Lipinski definition) is 0. The van der Waals surface area contributed by atoms with E-state index in [2.05, 4.69) is 33.4 Å². The van der Waals surface area contributed by atoms with Gasteiger partial charge in [-0.15, -0.1) is 6.58 Å². The lowest BCUT2D eigenvalue weighted by molar-refractivity contribution is 0.163. The van der Waals surface area contributed by atoms with Gasteiger partial charge in [0.2, 0.25) is 0 Å². The Balaban J connectivity index is 2.27. The highest BCUT2D eigenvalue weighted by Crippen LogP contribution is 2.69. The monoisotopic (exact) mass is 177 g/mol. The van der Waals surface area contributed by atoms with Crippen molar-refractivity contribution in [3.8, 4) is 0 Å². The van der Waals surface area contributed by atoms with Crippen molar-refractivity contribution in [2.24, 2.45) is 16.7 Å². The first kappa shape index (κ1) is 9.30. The summed E-state index contributed by atoms with van der Waals surface area (Å²) in [4.78, 5) is 0. The Bertz CT molecular complexity index is 226. The smallest absolute Gasteiger partial charge is 0.0136 e. The Hall–Kier alpha value is -0.260. The summed E-state index contributed by atoms with van der Waals surface area (Å²) >= 11 is 0. The van der Waals surface area contributed by atoms with Gasteiger partial charge in [0.1, 0.15) is 0 Å². The van der Waals surface area contributed by atoms with Gasteiger partial charge >= 0.3 is 0 Å². The minimum absolute atomic E-state index is 0.520. The van der Waals surface area contributed by atoms with E-state index in [9.17, 15) is 0 Å². The molecule has 0 heteroatoms. The molecule has 0 amide bonds. The number of allylic oxidation sites excluding steroid dienone is 1. The molecule has 1 radical (unpaired) electrons. The van der Waals surface area contributed by atoms with E-state index in [1.54, 1.807) is 5.92 Å². The van der Waals surface area contributed by atoms with Crippen molar-refractivity contribution < 1.29 is 0 Å². The molecule has 2 atom stereocenters. The average molecular weight is 177 g/mol. The van der Waals surface area contributed by atoms with Crippen LogP contribution in [0.15, 0.2) is 12.7 Å². The van der Waals surface area contributed by atoms with Crippen molar-refractivity contribution in [2.75, 3.05) is 0 Å². The van der Waals surface area contributed by atoms with Gasteiger partial charge in [0.25, 0.3) is 0 Å². The van der Waals surface area contributed by atoms with E-state index in [1.165, 1.54) is 19.3 Å². The van der Waals surface area contributed by atoms with Crippen LogP contribution < -0.4 is 0 Å². The molecule has 2 aliphatic carbocycles.